The van der Waals surface area contributed by atoms with Crippen LogP contribution < -0.4 is 0 Å². The second-order valence-electron chi connectivity index (χ2n) is 4.62. The Bertz CT molecular complexity index is 792. The highest BCUT2D eigenvalue weighted by Crippen LogP contribution is 2.33. The Kier molecular flexibility index (Phi) is 3.69. The molecule has 0 saturated carbocycles. The summed E-state index contributed by atoms with van der Waals surface area (Å²) in [6.45, 7) is 3.05. The fourth-order valence-corrected chi connectivity index (χ4v) is 2.00. The predicted molar refractivity (Wildman–Crippen MR) is 75.4 cm³/mol. The molecule has 2 aromatic heterocycles. The molecular weight excluding hydrogens is 286 g/mol. The molecule has 0 radical (unpaired) electrons. The number of aryl methyl sites for hydroxylation is 1. The van der Waals surface area contributed by atoms with Gasteiger partial charge in [-0.15, -0.1) is 0 Å². The van der Waals surface area contributed by atoms with Crippen LogP contribution in [0.15, 0.2) is 39.4 Å². The van der Waals surface area contributed by atoms with Crippen molar-refractivity contribution in [1.82, 2.24) is 15.3 Å². The van der Waals surface area contributed by atoms with Gasteiger partial charge in [0.2, 0.25) is 5.82 Å². The minimum atomic E-state index is -0.405. The van der Waals surface area contributed by atoms with Crippen LogP contribution in [-0.4, -0.2) is 21.3 Å². The summed E-state index contributed by atoms with van der Waals surface area (Å²) < 4.78 is 15.3. The highest BCUT2D eigenvalue weighted by Gasteiger charge is 2.22. The third kappa shape index (κ3) is 2.73. The fraction of sp³-hybridized carbons (Fsp3) is 0.200. The van der Waals surface area contributed by atoms with Crippen LogP contribution in [-0.2, 0) is 16.1 Å². The molecule has 0 amide bonds. The molecule has 0 aliphatic carbocycles. The summed E-state index contributed by atoms with van der Waals surface area (Å²) in [5.41, 5.74) is 2.14. The zero-order valence-electron chi connectivity index (χ0n) is 12.1. The summed E-state index contributed by atoms with van der Waals surface area (Å²) in [6.07, 6.45) is 0. The Morgan fingerprint density at radius 2 is 1.95 bits per heavy atom. The Labute approximate surface area is 125 Å². The van der Waals surface area contributed by atoms with E-state index in [-0.39, 0.29) is 18.3 Å². The molecule has 0 N–H and O–H groups in total. The third-order valence-electron chi connectivity index (χ3n) is 3.00. The summed E-state index contributed by atoms with van der Waals surface area (Å²) in [4.78, 5) is 15.0. The number of benzene rings is 1. The van der Waals surface area contributed by atoms with Gasteiger partial charge >= 0.3 is 5.97 Å². The molecule has 1 aromatic carbocycles. The SMILES string of the molecule is CC(=O)OCc1noc(-c2c(-c3ccccc3)noc2C)n1. The Hall–Kier alpha value is -2.96. The maximum atomic E-state index is 10.8. The van der Waals surface area contributed by atoms with Gasteiger partial charge in [-0.05, 0) is 6.92 Å². The maximum Gasteiger partial charge on any atom is 0.303 e. The average Bonchev–Trinajstić information content (AvgIpc) is 3.12. The molecule has 0 aliphatic rings. The molecule has 0 saturated heterocycles. The van der Waals surface area contributed by atoms with Crippen molar-refractivity contribution in [3.8, 4) is 22.7 Å². The van der Waals surface area contributed by atoms with Crippen LogP contribution in [0.25, 0.3) is 22.7 Å². The fourth-order valence-electron chi connectivity index (χ4n) is 2.00. The molecule has 112 valence electrons. The molecule has 3 rings (SSSR count). The molecule has 22 heavy (non-hydrogen) atoms. The first-order valence-corrected chi connectivity index (χ1v) is 6.63. The number of ether oxygens (including phenoxy) is 1. The lowest BCUT2D eigenvalue weighted by atomic mass is 10.1. The van der Waals surface area contributed by atoms with Crippen molar-refractivity contribution in [2.24, 2.45) is 0 Å². The predicted octanol–water partition coefficient (Wildman–Crippen LogP) is 2.76. The van der Waals surface area contributed by atoms with Crippen LogP contribution in [0.4, 0.5) is 0 Å². The van der Waals surface area contributed by atoms with E-state index in [1.54, 1.807) is 6.92 Å². The Morgan fingerprint density at radius 3 is 2.68 bits per heavy atom. The van der Waals surface area contributed by atoms with Crippen LogP contribution in [0.2, 0.25) is 0 Å². The monoisotopic (exact) mass is 299 g/mol. The number of nitrogens with zero attached hydrogens (tertiary/aromatic N) is 3. The first-order valence-electron chi connectivity index (χ1n) is 6.63. The number of carbonyl (C=O) groups excluding carboxylic acids is 1. The van der Waals surface area contributed by atoms with Crippen molar-refractivity contribution in [2.75, 3.05) is 0 Å². The van der Waals surface area contributed by atoms with Crippen molar-refractivity contribution in [2.45, 2.75) is 20.5 Å². The van der Waals surface area contributed by atoms with Gasteiger partial charge in [0, 0.05) is 12.5 Å². The minimum absolute atomic E-state index is 0.0379. The average molecular weight is 299 g/mol. The highest BCUT2D eigenvalue weighted by atomic mass is 16.5. The molecule has 0 aliphatic heterocycles. The van der Waals surface area contributed by atoms with Crippen LogP contribution in [0.3, 0.4) is 0 Å². The zero-order valence-corrected chi connectivity index (χ0v) is 12.1. The van der Waals surface area contributed by atoms with E-state index >= 15 is 0 Å². The van der Waals surface area contributed by atoms with Gasteiger partial charge in [0.05, 0.1) is 0 Å². The summed E-state index contributed by atoms with van der Waals surface area (Å²) in [6, 6.07) is 9.56. The summed E-state index contributed by atoms with van der Waals surface area (Å²) in [5, 5.41) is 7.84. The van der Waals surface area contributed by atoms with Crippen LogP contribution in [0, 0.1) is 6.92 Å². The number of esters is 1. The lowest BCUT2D eigenvalue weighted by Gasteiger charge is -1.97. The molecule has 7 nitrogen and oxygen atoms in total. The van der Waals surface area contributed by atoms with E-state index in [1.165, 1.54) is 6.92 Å². The summed E-state index contributed by atoms with van der Waals surface area (Å²) >= 11 is 0. The second-order valence-corrected chi connectivity index (χ2v) is 4.62. The first-order chi connectivity index (χ1) is 10.6. The van der Waals surface area contributed by atoms with Crippen LogP contribution in [0.1, 0.15) is 18.5 Å². The van der Waals surface area contributed by atoms with Gasteiger partial charge in [-0.25, -0.2) is 0 Å². The van der Waals surface area contributed by atoms with E-state index in [2.05, 4.69) is 15.3 Å². The number of rotatable bonds is 4. The van der Waals surface area contributed by atoms with Crippen molar-refractivity contribution in [1.29, 1.82) is 0 Å². The Balaban J connectivity index is 1.95. The smallest absolute Gasteiger partial charge is 0.303 e. The van der Waals surface area contributed by atoms with E-state index in [4.69, 9.17) is 13.8 Å². The van der Waals surface area contributed by atoms with Crippen molar-refractivity contribution in [3.63, 3.8) is 0 Å². The van der Waals surface area contributed by atoms with Gasteiger partial charge in [0.1, 0.15) is 17.0 Å². The van der Waals surface area contributed by atoms with Gasteiger partial charge in [0.15, 0.2) is 6.61 Å². The lowest BCUT2D eigenvalue weighted by molar-refractivity contribution is -0.142. The quantitative estimate of drug-likeness (QED) is 0.684. The summed E-state index contributed by atoms with van der Waals surface area (Å²) in [5.74, 6) is 0.726. The van der Waals surface area contributed by atoms with Gasteiger partial charge in [-0.3, -0.25) is 4.79 Å². The first kappa shape index (κ1) is 14.0. The molecule has 3 aromatic rings. The molecule has 2 heterocycles. The van der Waals surface area contributed by atoms with Gasteiger partial charge < -0.3 is 13.8 Å². The number of hydrogen-bond acceptors (Lipinski definition) is 7. The van der Waals surface area contributed by atoms with E-state index in [1.807, 2.05) is 30.3 Å². The molecular formula is C15H13N3O4. The van der Waals surface area contributed by atoms with Gasteiger partial charge in [-0.1, -0.05) is 40.6 Å². The second kappa shape index (κ2) is 5.80. The molecule has 0 unspecified atom stereocenters. The standard InChI is InChI=1S/C15H13N3O4/c1-9-13(14(18-21-9)11-6-4-3-5-7-11)15-16-12(17-22-15)8-20-10(2)19/h3-7H,8H2,1-2H3. The third-order valence-corrected chi connectivity index (χ3v) is 3.00. The highest BCUT2D eigenvalue weighted by molar-refractivity contribution is 5.77. The zero-order chi connectivity index (χ0) is 15.5. The molecule has 0 spiro atoms. The van der Waals surface area contributed by atoms with E-state index in [0.29, 0.717) is 17.0 Å². The molecule has 0 atom stereocenters. The lowest BCUT2D eigenvalue weighted by Crippen LogP contribution is -2.00. The van der Waals surface area contributed by atoms with E-state index in [0.717, 1.165) is 5.56 Å². The van der Waals surface area contributed by atoms with Crippen molar-refractivity contribution in [3.05, 3.63) is 41.9 Å². The maximum absolute atomic E-state index is 10.8. The number of aromatic nitrogens is 3. The van der Waals surface area contributed by atoms with Crippen molar-refractivity contribution < 1.29 is 18.6 Å². The van der Waals surface area contributed by atoms with E-state index < -0.39 is 5.97 Å². The number of hydrogen-bond donors (Lipinski definition) is 0. The topological polar surface area (TPSA) is 91.2 Å². The summed E-state index contributed by atoms with van der Waals surface area (Å²) in [7, 11) is 0. The molecule has 0 bridgehead atoms. The van der Waals surface area contributed by atoms with Gasteiger partial charge in [-0.2, -0.15) is 4.98 Å². The normalized spacial score (nSPS) is 10.6. The van der Waals surface area contributed by atoms with Crippen LogP contribution in [0.5, 0.6) is 0 Å². The van der Waals surface area contributed by atoms with Gasteiger partial charge in [0.25, 0.3) is 5.89 Å². The van der Waals surface area contributed by atoms with Crippen LogP contribution >= 0.6 is 0 Å². The number of carbonyl (C=O) groups is 1. The molecule has 0 fully saturated rings. The molecule has 7 heteroatoms. The largest absolute Gasteiger partial charge is 0.457 e. The Morgan fingerprint density at radius 1 is 1.18 bits per heavy atom. The van der Waals surface area contributed by atoms with Crippen molar-refractivity contribution >= 4 is 5.97 Å². The van der Waals surface area contributed by atoms with E-state index in [9.17, 15) is 4.79 Å². The minimum Gasteiger partial charge on any atom is -0.457 e.